The van der Waals surface area contributed by atoms with Crippen LogP contribution in [0.3, 0.4) is 0 Å². The maximum absolute atomic E-state index is 9.30. The first-order valence-corrected chi connectivity index (χ1v) is 5.20. The van der Waals surface area contributed by atoms with Gasteiger partial charge in [0.15, 0.2) is 0 Å². The Morgan fingerprint density at radius 1 is 1.42 bits per heavy atom. The van der Waals surface area contributed by atoms with Crippen LogP contribution in [-0.2, 0) is 4.52 Å². The molecule has 3 nitrogen and oxygen atoms in total. The highest BCUT2D eigenvalue weighted by atomic mass is 31.0. The van der Waals surface area contributed by atoms with E-state index in [1.807, 2.05) is 0 Å². The third-order valence-corrected chi connectivity index (χ3v) is 2.39. The lowest BCUT2D eigenvalue weighted by Gasteiger charge is -2.14. The van der Waals surface area contributed by atoms with E-state index in [0.29, 0.717) is 18.7 Å². The van der Waals surface area contributed by atoms with Crippen LogP contribution in [0.15, 0.2) is 0 Å². The largest absolute Gasteiger partial charge is 0.396 e. The minimum absolute atomic E-state index is 0.223. The summed E-state index contributed by atoms with van der Waals surface area (Å²) in [6.45, 7) is 0.579. The van der Waals surface area contributed by atoms with Gasteiger partial charge in [0.05, 0.1) is 12.7 Å². The Bertz CT molecular complexity index is 103. The summed E-state index contributed by atoms with van der Waals surface area (Å²) in [5.41, 5.74) is 0.368. The second-order valence-corrected chi connectivity index (χ2v) is 4.12. The number of hydrogen-bond donors (Lipinski definition) is 2. The molecule has 74 valence electrons. The molecule has 0 aromatic heterocycles. The fraction of sp³-hybridized carbons (Fsp3) is 1.00. The van der Waals surface area contributed by atoms with Crippen molar-refractivity contribution in [2.75, 3.05) is 13.2 Å². The maximum Gasteiger partial charge on any atom is 0.0782 e. The molecule has 4 atom stereocenters. The third-order valence-electron chi connectivity index (χ3n) is 1.60. The van der Waals surface area contributed by atoms with Crippen molar-refractivity contribution in [1.29, 1.82) is 0 Å². The molecule has 0 rings (SSSR count). The fourth-order valence-corrected chi connectivity index (χ4v) is 1.77. The van der Waals surface area contributed by atoms with E-state index in [0.717, 1.165) is 12.8 Å². The molecule has 5 heteroatoms. The molecule has 0 spiro atoms. The monoisotopic (exact) mass is 212 g/mol. The molecule has 0 heterocycles. The molecule has 0 aliphatic heterocycles. The van der Waals surface area contributed by atoms with Crippen LogP contribution < -0.4 is 0 Å². The molecule has 3 unspecified atom stereocenters. The average Bonchev–Trinajstić information content (AvgIpc) is 2.01. The zero-order valence-corrected chi connectivity index (χ0v) is 9.46. The van der Waals surface area contributed by atoms with E-state index >= 15 is 0 Å². The van der Waals surface area contributed by atoms with Crippen molar-refractivity contribution >= 4 is 18.7 Å². The van der Waals surface area contributed by atoms with E-state index in [9.17, 15) is 5.11 Å². The summed E-state index contributed by atoms with van der Waals surface area (Å²) < 4.78 is 4.72. The van der Waals surface area contributed by atoms with Gasteiger partial charge < -0.3 is 14.7 Å². The molecular weight excluding hydrogens is 194 g/mol. The van der Waals surface area contributed by atoms with Gasteiger partial charge in [-0.05, 0) is 24.9 Å². The van der Waals surface area contributed by atoms with Gasteiger partial charge in [0.25, 0.3) is 0 Å². The van der Waals surface area contributed by atoms with Crippen molar-refractivity contribution in [3.05, 3.63) is 0 Å². The SMILES string of the molecule is OCCCC(P)C[C@H](O)COP. The van der Waals surface area contributed by atoms with Crippen LogP contribution in [0.25, 0.3) is 0 Å². The molecule has 0 bridgehead atoms. The first-order chi connectivity index (χ1) is 5.70. The maximum atomic E-state index is 9.30. The van der Waals surface area contributed by atoms with Crippen LogP contribution >= 0.6 is 18.7 Å². The van der Waals surface area contributed by atoms with Crippen molar-refractivity contribution in [2.45, 2.75) is 31.0 Å². The van der Waals surface area contributed by atoms with Crippen molar-refractivity contribution < 1.29 is 14.7 Å². The molecule has 12 heavy (non-hydrogen) atoms. The Hall–Kier alpha value is 0.740. The van der Waals surface area contributed by atoms with Crippen molar-refractivity contribution in [2.24, 2.45) is 0 Å². The minimum atomic E-state index is -0.399. The van der Waals surface area contributed by atoms with E-state index in [-0.39, 0.29) is 6.61 Å². The summed E-state index contributed by atoms with van der Waals surface area (Å²) in [5.74, 6) is 0. The molecule has 0 saturated heterocycles. The van der Waals surface area contributed by atoms with Gasteiger partial charge in [-0.2, -0.15) is 0 Å². The molecule has 0 aliphatic carbocycles. The summed E-state index contributed by atoms with van der Waals surface area (Å²) in [7, 11) is 4.78. The van der Waals surface area contributed by atoms with Crippen LogP contribution in [0.2, 0.25) is 0 Å². The Morgan fingerprint density at radius 2 is 2.08 bits per heavy atom. The number of aliphatic hydroxyl groups is 2. The zero-order chi connectivity index (χ0) is 9.40. The van der Waals surface area contributed by atoms with Crippen LogP contribution in [0.5, 0.6) is 0 Å². The quantitative estimate of drug-likeness (QED) is 0.606. The predicted octanol–water partition coefficient (Wildman–Crippen LogP) is 0.560. The van der Waals surface area contributed by atoms with Crippen LogP contribution in [-0.4, -0.2) is 35.2 Å². The molecule has 0 saturated carbocycles. The predicted molar refractivity (Wildman–Crippen MR) is 56.1 cm³/mol. The number of hydrogen-bond acceptors (Lipinski definition) is 3. The van der Waals surface area contributed by atoms with Gasteiger partial charge in [0.2, 0.25) is 0 Å². The molecule has 2 N–H and O–H groups in total. The lowest BCUT2D eigenvalue weighted by Crippen LogP contribution is -2.17. The van der Waals surface area contributed by atoms with E-state index in [4.69, 9.17) is 9.63 Å². The Kier molecular flexibility index (Phi) is 8.86. The smallest absolute Gasteiger partial charge is 0.0782 e. The minimum Gasteiger partial charge on any atom is -0.396 e. The highest BCUT2D eigenvalue weighted by molar-refractivity contribution is 7.17. The standard InChI is InChI=1S/C7H18O3P2/c8-3-1-2-7(11)4-6(9)5-10-12/h6-9H,1-5,11-12H2/t6-,7?/m0/s1. The summed E-state index contributed by atoms with van der Waals surface area (Å²) in [6.07, 6.45) is 2.03. The fourth-order valence-electron chi connectivity index (χ4n) is 1.000. The van der Waals surface area contributed by atoms with Gasteiger partial charge in [-0.3, -0.25) is 0 Å². The van der Waals surface area contributed by atoms with E-state index in [2.05, 4.69) is 18.7 Å². The zero-order valence-electron chi connectivity index (χ0n) is 7.15. The first-order valence-electron chi connectivity index (χ1n) is 4.07. The van der Waals surface area contributed by atoms with Gasteiger partial charge in [0.1, 0.15) is 0 Å². The van der Waals surface area contributed by atoms with Gasteiger partial charge in [-0.15, -0.1) is 9.24 Å². The number of aliphatic hydroxyl groups excluding tert-OH is 2. The van der Waals surface area contributed by atoms with Gasteiger partial charge >= 0.3 is 0 Å². The average molecular weight is 212 g/mol. The second kappa shape index (κ2) is 8.34. The molecule has 0 radical (unpaired) electrons. The first kappa shape index (κ1) is 12.7. The van der Waals surface area contributed by atoms with Crippen molar-refractivity contribution in [1.82, 2.24) is 0 Å². The molecule has 0 fully saturated rings. The van der Waals surface area contributed by atoms with Crippen LogP contribution in [0.1, 0.15) is 19.3 Å². The second-order valence-electron chi connectivity index (χ2n) is 2.85. The Morgan fingerprint density at radius 3 is 2.58 bits per heavy atom. The summed E-state index contributed by atoms with van der Waals surface area (Å²) in [5, 5.41) is 17.9. The normalized spacial score (nSPS) is 16.0. The Balaban J connectivity index is 3.33. The summed E-state index contributed by atoms with van der Waals surface area (Å²) in [4.78, 5) is 0. The topological polar surface area (TPSA) is 49.7 Å². The van der Waals surface area contributed by atoms with Gasteiger partial charge in [-0.1, -0.05) is 0 Å². The third kappa shape index (κ3) is 7.39. The van der Waals surface area contributed by atoms with Crippen molar-refractivity contribution in [3.63, 3.8) is 0 Å². The lowest BCUT2D eigenvalue weighted by atomic mass is 10.1. The highest BCUT2D eigenvalue weighted by Gasteiger charge is 2.09. The van der Waals surface area contributed by atoms with Gasteiger partial charge in [-0.25, -0.2) is 0 Å². The van der Waals surface area contributed by atoms with E-state index in [1.54, 1.807) is 0 Å². The molecule has 0 aromatic rings. The molecular formula is C7H18O3P2. The van der Waals surface area contributed by atoms with E-state index in [1.165, 1.54) is 0 Å². The molecule has 0 aliphatic rings. The van der Waals surface area contributed by atoms with Crippen molar-refractivity contribution in [3.8, 4) is 0 Å². The molecule has 0 amide bonds. The Labute approximate surface area is 78.4 Å². The molecule has 0 aromatic carbocycles. The van der Waals surface area contributed by atoms with E-state index < -0.39 is 6.10 Å². The lowest BCUT2D eigenvalue weighted by molar-refractivity contribution is 0.108. The summed E-state index contributed by atoms with van der Waals surface area (Å²) in [6, 6.07) is 0. The summed E-state index contributed by atoms with van der Waals surface area (Å²) >= 11 is 0. The van der Waals surface area contributed by atoms with Gasteiger partial charge in [0, 0.05) is 16.1 Å². The van der Waals surface area contributed by atoms with Crippen LogP contribution in [0.4, 0.5) is 0 Å². The van der Waals surface area contributed by atoms with Crippen LogP contribution in [0, 0.1) is 0 Å². The number of rotatable bonds is 7. The highest BCUT2D eigenvalue weighted by Crippen LogP contribution is 2.15.